The van der Waals surface area contributed by atoms with Gasteiger partial charge in [-0.15, -0.1) is 0 Å². The molecular formula is C24H29F4N5O5S. The first kappa shape index (κ1) is 30.1. The number of aliphatic carboxylic acids is 1. The molecule has 0 aliphatic carbocycles. The number of sulfonamides is 1. The Morgan fingerprint density at radius 1 is 0.949 bits per heavy atom. The van der Waals surface area contributed by atoms with E-state index in [9.17, 15) is 30.8 Å². The standard InChI is InChI=1S/C22H28FN5O3S.C2HF3O2/c1-26-12-14-28(15-13-26)22(29)17-2-7-21(27-10-8-24-9-11-27)20(16-17)25-32(30,31)19-5-3-18(23)4-6-19;3-2(4,5)1(6)7/h2-7,16,24-25H,8-15H2,1H3;(H,6,7). The molecule has 10 nitrogen and oxygen atoms in total. The van der Waals surface area contributed by atoms with Crippen LogP contribution in [0.3, 0.4) is 0 Å². The number of alkyl halides is 3. The molecule has 0 saturated carbocycles. The van der Waals surface area contributed by atoms with Crippen molar-refractivity contribution in [3.63, 3.8) is 0 Å². The highest BCUT2D eigenvalue weighted by atomic mass is 32.2. The fourth-order valence-electron chi connectivity index (χ4n) is 3.94. The molecule has 214 valence electrons. The van der Waals surface area contributed by atoms with Crippen molar-refractivity contribution >= 4 is 33.3 Å². The molecule has 0 radical (unpaired) electrons. The molecule has 0 aromatic heterocycles. The molecule has 2 fully saturated rings. The Morgan fingerprint density at radius 3 is 2.05 bits per heavy atom. The number of hydrogen-bond acceptors (Lipinski definition) is 7. The number of halogens is 4. The Morgan fingerprint density at radius 2 is 1.51 bits per heavy atom. The molecule has 0 spiro atoms. The second kappa shape index (κ2) is 12.6. The third-order valence-corrected chi connectivity index (χ3v) is 7.48. The van der Waals surface area contributed by atoms with Crippen LogP contribution in [-0.4, -0.2) is 101 Å². The van der Waals surface area contributed by atoms with E-state index >= 15 is 0 Å². The number of rotatable bonds is 5. The van der Waals surface area contributed by atoms with E-state index in [1.165, 1.54) is 12.1 Å². The molecule has 2 aromatic carbocycles. The van der Waals surface area contributed by atoms with Gasteiger partial charge in [0.2, 0.25) is 0 Å². The fraction of sp³-hybridized carbons (Fsp3) is 0.417. The van der Waals surface area contributed by atoms with Crippen LogP contribution in [0.25, 0.3) is 0 Å². The van der Waals surface area contributed by atoms with Gasteiger partial charge in [0, 0.05) is 57.9 Å². The highest BCUT2D eigenvalue weighted by Gasteiger charge is 2.38. The van der Waals surface area contributed by atoms with Crippen molar-refractivity contribution in [1.82, 2.24) is 15.1 Å². The minimum atomic E-state index is -5.08. The minimum Gasteiger partial charge on any atom is -0.475 e. The predicted molar refractivity (Wildman–Crippen MR) is 136 cm³/mol. The third kappa shape index (κ3) is 8.28. The van der Waals surface area contributed by atoms with Crippen molar-refractivity contribution < 1.29 is 40.7 Å². The zero-order chi connectivity index (χ0) is 28.8. The SMILES string of the molecule is CN1CCN(C(=O)c2ccc(N3CCNCC3)c(NS(=O)(=O)c3ccc(F)cc3)c2)CC1.O=C(O)C(F)(F)F. The van der Waals surface area contributed by atoms with Gasteiger partial charge in [-0.25, -0.2) is 17.6 Å². The maximum atomic E-state index is 13.3. The van der Waals surface area contributed by atoms with Crippen LogP contribution in [0.4, 0.5) is 28.9 Å². The summed E-state index contributed by atoms with van der Waals surface area (Å²) in [7, 11) is -1.94. The monoisotopic (exact) mass is 575 g/mol. The lowest BCUT2D eigenvalue weighted by Gasteiger charge is -2.33. The summed E-state index contributed by atoms with van der Waals surface area (Å²) in [5.41, 5.74) is 1.49. The summed E-state index contributed by atoms with van der Waals surface area (Å²) in [6, 6.07) is 9.84. The van der Waals surface area contributed by atoms with Gasteiger partial charge in [0.25, 0.3) is 15.9 Å². The summed E-state index contributed by atoms with van der Waals surface area (Å²) in [6.45, 7) is 5.87. The Balaban J connectivity index is 0.000000532. The number of piperazine rings is 2. The number of benzene rings is 2. The van der Waals surface area contributed by atoms with Gasteiger partial charge in [-0.1, -0.05) is 0 Å². The summed E-state index contributed by atoms with van der Waals surface area (Å²) in [5.74, 6) is -3.38. The molecule has 0 unspecified atom stereocenters. The van der Waals surface area contributed by atoms with Gasteiger partial charge in [-0.3, -0.25) is 9.52 Å². The van der Waals surface area contributed by atoms with Gasteiger partial charge in [-0.2, -0.15) is 13.2 Å². The Kier molecular flexibility index (Phi) is 9.74. The number of hydrogen-bond donors (Lipinski definition) is 3. The van der Waals surface area contributed by atoms with E-state index in [4.69, 9.17) is 9.90 Å². The van der Waals surface area contributed by atoms with Gasteiger partial charge >= 0.3 is 12.1 Å². The molecule has 2 aromatic rings. The van der Waals surface area contributed by atoms with Crippen LogP contribution in [0.1, 0.15) is 10.4 Å². The number of nitrogens with zero attached hydrogens (tertiary/aromatic N) is 3. The van der Waals surface area contributed by atoms with E-state index < -0.39 is 28.0 Å². The first-order chi connectivity index (χ1) is 18.3. The normalized spacial score (nSPS) is 16.7. The van der Waals surface area contributed by atoms with Crippen molar-refractivity contribution in [2.45, 2.75) is 11.1 Å². The second-order valence-corrected chi connectivity index (χ2v) is 10.6. The Bertz CT molecular complexity index is 1260. The van der Waals surface area contributed by atoms with Crippen LogP contribution in [0.5, 0.6) is 0 Å². The number of likely N-dealkylation sites (N-methyl/N-ethyl adjacent to an activating group) is 1. The zero-order valence-corrected chi connectivity index (χ0v) is 21.9. The van der Waals surface area contributed by atoms with E-state index in [-0.39, 0.29) is 10.8 Å². The van der Waals surface area contributed by atoms with Crippen molar-refractivity contribution in [1.29, 1.82) is 0 Å². The van der Waals surface area contributed by atoms with E-state index in [1.807, 2.05) is 7.05 Å². The summed E-state index contributed by atoms with van der Waals surface area (Å²) < 4.78 is 73.7. The van der Waals surface area contributed by atoms with Crippen molar-refractivity contribution in [3.05, 3.63) is 53.8 Å². The van der Waals surface area contributed by atoms with E-state index in [0.29, 0.717) is 30.0 Å². The first-order valence-electron chi connectivity index (χ1n) is 11.9. The molecule has 3 N–H and O–H groups in total. The van der Waals surface area contributed by atoms with E-state index in [0.717, 1.165) is 51.4 Å². The number of carboxylic acid groups (broad SMARTS) is 1. The van der Waals surface area contributed by atoms with E-state index in [1.54, 1.807) is 23.1 Å². The maximum Gasteiger partial charge on any atom is 0.490 e. The molecule has 2 aliphatic rings. The molecule has 2 heterocycles. The molecule has 0 bridgehead atoms. The third-order valence-electron chi connectivity index (χ3n) is 6.10. The van der Waals surface area contributed by atoms with Crippen LogP contribution in [-0.2, 0) is 14.8 Å². The smallest absolute Gasteiger partial charge is 0.475 e. The average molecular weight is 576 g/mol. The van der Waals surface area contributed by atoms with Gasteiger partial charge < -0.3 is 25.1 Å². The van der Waals surface area contributed by atoms with Crippen molar-refractivity contribution in [2.75, 3.05) is 69.0 Å². The number of carbonyl (C=O) groups excluding carboxylic acids is 1. The maximum absolute atomic E-state index is 13.3. The molecule has 39 heavy (non-hydrogen) atoms. The average Bonchev–Trinajstić information content (AvgIpc) is 2.89. The van der Waals surface area contributed by atoms with Gasteiger partial charge in [0.1, 0.15) is 5.82 Å². The van der Waals surface area contributed by atoms with Crippen LogP contribution >= 0.6 is 0 Å². The lowest BCUT2D eigenvalue weighted by atomic mass is 10.1. The van der Waals surface area contributed by atoms with Gasteiger partial charge in [-0.05, 0) is 49.5 Å². The van der Waals surface area contributed by atoms with Crippen molar-refractivity contribution in [2.24, 2.45) is 0 Å². The van der Waals surface area contributed by atoms with Crippen LogP contribution in [0, 0.1) is 5.82 Å². The summed E-state index contributed by atoms with van der Waals surface area (Å²) in [4.78, 5) is 28.0. The summed E-state index contributed by atoms with van der Waals surface area (Å²) >= 11 is 0. The van der Waals surface area contributed by atoms with Crippen LogP contribution in [0.15, 0.2) is 47.4 Å². The molecule has 15 heteroatoms. The minimum absolute atomic E-state index is 0.0408. The summed E-state index contributed by atoms with van der Waals surface area (Å²) in [6.07, 6.45) is -5.08. The van der Waals surface area contributed by atoms with Crippen LogP contribution in [0.2, 0.25) is 0 Å². The molecule has 1 amide bonds. The lowest BCUT2D eigenvalue weighted by molar-refractivity contribution is -0.192. The predicted octanol–water partition coefficient (Wildman–Crippen LogP) is 2.06. The van der Waals surface area contributed by atoms with E-state index in [2.05, 4.69) is 19.8 Å². The number of carbonyl (C=O) groups is 2. The largest absolute Gasteiger partial charge is 0.490 e. The highest BCUT2D eigenvalue weighted by Crippen LogP contribution is 2.30. The number of carboxylic acids is 1. The molecule has 2 aliphatic heterocycles. The lowest BCUT2D eigenvalue weighted by Crippen LogP contribution is -2.47. The summed E-state index contributed by atoms with van der Waals surface area (Å²) in [5, 5.41) is 10.4. The molecular weight excluding hydrogens is 546 g/mol. The second-order valence-electron chi connectivity index (χ2n) is 8.93. The molecule has 4 rings (SSSR count). The quantitative estimate of drug-likeness (QED) is 0.464. The van der Waals surface area contributed by atoms with Crippen LogP contribution < -0.4 is 14.9 Å². The highest BCUT2D eigenvalue weighted by molar-refractivity contribution is 7.92. The van der Waals surface area contributed by atoms with Gasteiger partial charge in [0.05, 0.1) is 16.3 Å². The topological polar surface area (TPSA) is 122 Å². The molecule has 2 saturated heterocycles. The van der Waals surface area contributed by atoms with Gasteiger partial charge in [0.15, 0.2) is 0 Å². The fourth-order valence-corrected chi connectivity index (χ4v) is 5.01. The Labute approximate surface area is 223 Å². The first-order valence-corrected chi connectivity index (χ1v) is 13.4. The van der Waals surface area contributed by atoms with Crippen molar-refractivity contribution in [3.8, 4) is 0 Å². The number of amides is 1. The Hall–Kier alpha value is -3.43. The number of nitrogens with one attached hydrogen (secondary N) is 2. The zero-order valence-electron chi connectivity index (χ0n) is 21.0. The molecule has 0 atom stereocenters. The number of anilines is 2.